The predicted molar refractivity (Wildman–Crippen MR) is 380 cm³/mol. The molecule has 102 heavy (non-hydrogen) atoms. The quantitative estimate of drug-likeness (QED) is 0.0167. The Morgan fingerprint density at radius 2 is 0.951 bits per heavy atom. The molecule has 1 rings (SSSR count). The van der Waals surface area contributed by atoms with Gasteiger partial charge in [-0.1, -0.05) is 83.4 Å². The summed E-state index contributed by atoms with van der Waals surface area (Å²) in [6, 6.07) is -17.7. The molecule has 25 N–H and O–H groups in total. The maximum Gasteiger partial charge on any atom is 0.305 e. The smallest absolute Gasteiger partial charge is 0.305 e. The molecular weight excluding hydrogens is 1370 g/mol. The largest absolute Gasteiger partial charge is 0.481 e. The number of hydrogen-bond donors (Lipinski definition) is 20. The molecule has 1 heterocycles. The van der Waals surface area contributed by atoms with Crippen molar-refractivity contribution in [3.8, 4) is 0 Å². The van der Waals surface area contributed by atoms with Gasteiger partial charge in [0.05, 0.1) is 13.0 Å². The Kier molecular flexibility index (Phi) is 43.3. The van der Waals surface area contributed by atoms with Crippen LogP contribution < -0.4 is 97.8 Å². The average molecular weight is 1490 g/mol. The van der Waals surface area contributed by atoms with Gasteiger partial charge in [0.1, 0.15) is 72.5 Å². The Morgan fingerprint density at radius 3 is 1.44 bits per heavy atom. The molecule has 13 atom stereocenters. The topological polar surface area (TPSA) is 612 Å². The number of hydrogen-bond acceptors (Lipinski definition) is 21. The van der Waals surface area contributed by atoms with E-state index in [9.17, 15) is 86.9 Å². The lowest BCUT2D eigenvalue weighted by Crippen LogP contribution is -2.61. The Bertz CT molecular complexity index is 2890. The van der Waals surface area contributed by atoms with Crippen molar-refractivity contribution >= 4 is 122 Å². The fourth-order valence-electron chi connectivity index (χ4n) is 10.0. The van der Waals surface area contributed by atoms with Gasteiger partial charge >= 0.3 is 11.9 Å². The Balaban J connectivity index is 4.15. The number of carboxylic acid groups (broad SMARTS) is 2. The zero-order valence-corrected chi connectivity index (χ0v) is 61.6. The number of nitrogens with zero attached hydrogens (tertiary/aromatic N) is 1. The third kappa shape index (κ3) is 36.3. The number of aliphatic imine (C=N–C) groups is 1. The lowest BCUT2D eigenvalue weighted by atomic mass is 9.96. The summed E-state index contributed by atoms with van der Waals surface area (Å²) in [6.07, 6.45) is -1.19. The van der Waals surface area contributed by atoms with E-state index in [0.717, 1.165) is 28.5 Å². The molecule has 14 amide bonds. The molecule has 0 aromatic carbocycles. The molecular formula is C63H111N19O18S2. The summed E-state index contributed by atoms with van der Waals surface area (Å²) in [7, 11) is 1.86. The number of primary amides is 1. The van der Waals surface area contributed by atoms with Crippen LogP contribution in [-0.2, 0) is 76.7 Å². The Labute approximate surface area is 602 Å². The molecule has 1 aliphatic heterocycles. The third-order valence-electron chi connectivity index (χ3n) is 15.9. The van der Waals surface area contributed by atoms with Crippen LogP contribution in [0.4, 0.5) is 0 Å². The molecule has 1 aliphatic rings. The minimum Gasteiger partial charge on any atom is -0.481 e. The summed E-state index contributed by atoms with van der Waals surface area (Å²) in [5.74, 6) is -18.9. The van der Waals surface area contributed by atoms with Crippen LogP contribution in [0.25, 0.3) is 0 Å². The molecule has 0 saturated carbocycles. The Hall–Kier alpha value is -8.59. The standard InChI is InChI=1S/C63H111N19O18S2/c1-11-34(8)50-62(100)71-35(9)52(90)77-41(25-31(2)3)58(96)75-38(17-12-14-22-64)55(93)79-43(27-48(87)88)53(91)70-28-46(84)73-37(19-16-24-69-63(67)68)54(92)74-39(18-13-15-23-65)57(95)81-49(33(6)7)61(99)76-40(20-21-47(85)86)56(94)80-44(51(66)89)29-101-102-30-45(72-36(10)83)60(98)78-42(26-32(4)5)59(97)82-50/h31-35,37-45,49-50H,11-30,64-65H2,1-10H3,(H2,66,89)(H,70,91)(H,71,100)(H,72,83)(H,73,84)(H,74,92)(H,75,96)(H,76,99)(H,77,90)(H,78,98)(H,79,93)(H,80,94)(H,81,95)(H,82,97)(H,85,86)(H,87,88)(H4,67,68,69)/t34-,35-,37-,38-,39-,40-,41-,42-,43-,44-,45-,49-,50-/m0/s1. The van der Waals surface area contributed by atoms with Crippen molar-refractivity contribution in [3.63, 3.8) is 0 Å². The summed E-state index contributed by atoms with van der Waals surface area (Å²) in [5, 5.41) is 52.3. The van der Waals surface area contributed by atoms with Crippen molar-refractivity contribution in [1.29, 1.82) is 0 Å². The average Bonchev–Trinajstić information content (AvgIpc) is 0.860. The third-order valence-corrected chi connectivity index (χ3v) is 18.3. The molecule has 37 nitrogen and oxygen atoms in total. The van der Waals surface area contributed by atoms with E-state index in [1.54, 1.807) is 41.5 Å². The minimum atomic E-state index is -1.90. The first-order valence-corrected chi connectivity index (χ1v) is 36.7. The van der Waals surface area contributed by atoms with Crippen LogP contribution in [0.3, 0.4) is 0 Å². The van der Waals surface area contributed by atoms with Gasteiger partial charge in [-0.25, -0.2) is 0 Å². The summed E-state index contributed by atoms with van der Waals surface area (Å²) >= 11 is 0. The minimum absolute atomic E-state index is 0.0207. The number of guanidine groups is 1. The monoisotopic (exact) mass is 1490 g/mol. The summed E-state index contributed by atoms with van der Waals surface area (Å²) in [4.78, 5) is 223. The van der Waals surface area contributed by atoms with Crippen LogP contribution in [0.1, 0.15) is 159 Å². The second-order valence-electron chi connectivity index (χ2n) is 26.1. The van der Waals surface area contributed by atoms with Crippen molar-refractivity contribution < 1.29 is 86.9 Å². The van der Waals surface area contributed by atoms with Gasteiger partial charge in [-0.3, -0.25) is 81.7 Å². The zero-order chi connectivity index (χ0) is 77.5. The van der Waals surface area contributed by atoms with Crippen LogP contribution in [0.5, 0.6) is 0 Å². The maximum absolute atomic E-state index is 14.3. The second-order valence-corrected chi connectivity index (χ2v) is 28.7. The number of carbonyl (C=O) groups excluding carboxylic acids is 14. The molecule has 0 aromatic rings. The molecule has 0 aliphatic carbocycles. The molecule has 39 heteroatoms. The number of carboxylic acids is 2. The van der Waals surface area contributed by atoms with E-state index < -0.39 is 205 Å². The molecule has 578 valence electrons. The highest BCUT2D eigenvalue weighted by Gasteiger charge is 2.38. The van der Waals surface area contributed by atoms with Gasteiger partial charge in [-0.05, 0) is 114 Å². The van der Waals surface area contributed by atoms with Crippen molar-refractivity contribution in [2.75, 3.05) is 37.7 Å². The lowest BCUT2D eigenvalue weighted by molar-refractivity contribution is -0.141. The highest BCUT2D eigenvalue weighted by atomic mass is 33.1. The number of amides is 14. The van der Waals surface area contributed by atoms with E-state index in [1.165, 1.54) is 20.8 Å². The van der Waals surface area contributed by atoms with Gasteiger partial charge in [-0.15, -0.1) is 0 Å². The van der Waals surface area contributed by atoms with E-state index in [4.69, 9.17) is 28.7 Å². The first-order chi connectivity index (χ1) is 47.8. The van der Waals surface area contributed by atoms with Gasteiger partial charge in [-0.2, -0.15) is 0 Å². The zero-order valence-electron chi connectivity index (χ0n) is 60.0. The second kappa shape index (κ2) is 48.3. The molecule has 0 radical (unpaired) electrons. The van der Waals surface area contributed by atoms with Gasteiger partial charge in [0.2, 0.25) is 82.7 Å². The molecule has 1 saturated heterocycles. The molecule has 1 fully saturated rings. The number of nitrogens with one attached hydrogen (secondary N) is 13. The fourth-order valence-corrected chi connectivity index (χ4v) is 12.4. The SMILES string of the molecule is CC[C@H](C)[C@@H]1NC(=O)[C@H](CC(C)C)NC(=O)[C@@H](NC(C)=O)CSSC[C@@H](C(N)=O)NC(=O)[C@H](CCC(=O)O)NC(=O)[C@H](C(C)C)NC(=O)[C@H](CCCCN)NC(=O)[C@H](CCCN=C(N)N)NC(=O)CNC(=O)[C@H](CC(=O)O)NC(=O)[C@H](CCCCN)NC(=O)[C@H](CC(C)C)NC(=O)[C@H](C)NC1=O. The molecule has 0 spiro atoms. The molecule has 0 bridgehead atoms. The van der Waals surface area contributed by atoms with Crippen molar-refractivity contribution in [1.82, 2.24) is 69.1 Å². The van der Waals surface area contributed by atoms with Crippen LogP contribution in [0.2, 0.25) is 0 Å². The first kappa shape index (κ1) is 91.4. The highest BCUT2D eigenvalue weighted by molar-refractivity contribution is 8.76. The van der Waals surface area contributed by atoms with E-state index >= 15 is 0 Å². The van der Waals surface area contributed by atoms with Crippen LogP contribution in [0, 0.1) is 23.7 Å². The Morgan fingerprint density at radius 1 is 0.510 bits per heavy atom. The number of rotatable bonds is 26. The van der Waals surface area contributed by atoms with E-state index in [2.05, 4.69) is 74.1 Å². The summed E-state index contributed by atoms with van der Waals surface area (Å²) < 4.78 is 0. The van der Waals surface area contributed by atoms with Crippen molar-refractivity contribution in [2.24, 2.45) is 57.3 Å². The van der Waals surface area contributed by atoms with Crippen LogP contribution in [-0.4, -0.2) is 221 Å². The maximum atomic E-state index is 14.3. The molecule has 0 unspecified atom stereocenters. The van der Waals surface area contributed by atoms with Crippen LogP contribution >= 0.6 is 21.6 Å². The highest BCUT2D eigenvalue weighted by Crippen LogP contribution is 2.24. The first-order valence-electron chi connectivity index (χ1n) is 34.2. The van der Waals surface area contributed by atoms with E-state index in [1.807, 2.05) is 0 Å². The predicted octanol–water partition coefficient (Wildman–Crippen LogP) is -4.71. The summed E-state index contributed by atoms with van der Waals surface area (Å²) in [6.45, 7) is 15.2. The number of nitrogens with two attached hydrogens (primary N) is 5. The van der Waals surface area contributed by atoms with E-state index in [-0.39, 0.29) is 100 Å². The fraction of sp³-hybridized carbons (Fsp3) is 0.730. The molecule has 0 aromatic heterocycles. The van der Waals surface area contributed by atoms with Gasteiger partial charge in [0.15, 0.2) is 5.96 Å². The number of aliphatic carboxylic acids is 2. The van der Waals surface area contributed by atoms with Crippen LogP contribution in [0.15, 0.2) is 4.99 Å². The number of carbonyl (C=O) groups is 16. The van der Waals surface area contributed by atoms with Gasteiger partial charge in [0, 0.05) is 31.4 Å². The summed E-state index contributed by atoms with van der Waals surface area (Å²) in [5.41, 5.74) is 28.3. The van der Waals surface area contributed by atoms with Gasteiger partial charge in [0.25, 0.3) is 0 Å². The van der Waals surface area contributed by atoms with Gasteiger partial charge < -0.3 is 108 Å². The van der Waals surface area contributed by atoms with Crippen molar-refractivity contribution in [3.05, 3.63) is 0 Å². The normalized spacial score (nSPS) is 25.1. The van der Waals surface area contributed by atoms with Crippen molar-refractivity contribution in [2.45, 2.75) is 232 Å². The lowest BCUT2D eigenvalue weighted by Gasteiger charge is -2.29. The van der Waals surface area contributed by atoms with E-state index in [0.29, 0.717) is 19.3 Å². The number of unbranched alkanes of at least 4 members (excludes halogenated alkanes) is 2.